The molecule has 0 aromatic carbocycles. The van der Waals surface area contributed by atoms with Gasteiger partial charge in [0.15, 0.2) is 0 Å². The fourth-order valence-corrected chi connectivity index (χ4v) is 3.55. The second-order valence-corrected chi connectivity index (χ2v) is 7.14. The van der Waals surface area contributed by atoms with E-state index in [-0.39, 0.29) is 0 Å². The molecule has 130 valence electrons. The molecule has 0 spiro atoms. The number of hydrogen-bond donors (Lipinski definition) is 0. The van der Waals surface area contributed by atoms with Crippen LogP contribution in [0.2, 0.25) is 0 Å². The fourth-order valence-electron chi connectivity index (χ4n) is 3.55. The number of unbranched alkanes of at least 4 members (excludes halogenated alkanes) is 8. The van der Waals surface area contributed by atoms with Gasteiger partial charge in [-0.25, -0.2) is 0 Å². The zero-order valence-electron chi connectivity index (χ0n) is 15.2. The van der Waals surface area contributed by atoms with Crippen molar-refractivity contribution in [3.63, 3.8) is 0 Å². The lowest BCUT2D eigenvalue weighted by molar-refractivity contribution is -0.135. The van der Waals surface area contributed by atoms with Crippen LogP contribution in [0.4, 0.5) is 0 Å². The Morgan fingerprint density at radius 1 is 0.773 bits per heavy atom. The minimum atomic E-state index is 0.353. The van der Waals surface area contributed by atoms with Crippen molar-refractivity contribution in [3.05, 3.63) is 0 Å². The van der Waals surface area contributed by atoms with E-state index in [1.54, 1.807) is 0 Å². The van der Waals surface area contributed by atoms with Crippen molar-refractivity contribution < 1.29 is 4.79 Å². The maximum absolute atomic E-state index is 12.6. The first-order valence-corrected chi connectivity index (χ1v) is 10.1. The maximum atomic E-state index is 12.6. The first kappa shape index (κ1) is 19.5. The Bertz CT molecular complexity index is 271. The minimum absolute atomic E-state index is 0.353. The van der Waals surface area contributed by atoms with E-state index in [2.05, 4.69) is 18.7 Å². The molecule has 1 aliphatic rings. The van der Waals surface area contributed by atoms with Crippen molar-refractivity contribution in [2.24, 2.45) is 5.92 Å². The molecular formula is C20H39NO. The topological polar surface area (TPSA) is 20.3 Å². The zero-order chi connectivity index (χ0) is 16.0. The van der Waals surface area contributed by atoms with Crippen LogP contribution in [-0.2, 0) is 4.79 Å². The summed E-state index contributed by atoms with van der Waals surface area (Å²) >= 11 is 0. The Morgan fingerprint density at radius 2 is 1.27 bits per heavy atom. The molecule has 1 amide bonds. The molecule has 0 radical (unpaired) electrons. The van der Waals surface area contributed by atoms with Gasteiger partial charge in [0.1, 0.15) is 0 Å². The van der Waals surface area contributed by atoms with Crippen LogP contribution in [0.25, 0.3) is 0 Å². The van der Waals surface area contributed by atoms with E-state index in [1.807, 2.05) is 0 Å². The average Bonchev–Trinajstić information content (AvgIpc) is 3.06. The number of amides is 1. The van der Waals surface area contributed by atoms with E-state index in [1.165, 1.54) is 70.6 Å². The molecule has 1 fully saturated rings. The van der Waals surface area contributed by atoms with E-state index in [0.717, 1.165) is 32.4 Å². The Kier molecular flexibility index (Phi) is 11.5. The van der Waals surface area contributed by atoms with Crippen molar-refractivity contribution in [2.75, 3.05) is 13.1 Å². The summed E-state index contributed by atoms with van der Waals surface area (Å²) in [5.41, 5.74) is 0. The summed E-state index contributed by atoms with van der Waals surface area (Å²) in [5, 5.41) is 0. The Labute approximate surface area is 139 Å². The quantitative estimate of drug-likeness (QED) is 0.385. The molecule has 0 aliphatic heterocycles. The van der Waals surface area contributed by atoms with Gasteiger partial charge < -0.3 is 4.90 Å². The molecule has 22 heavy (non-hydrogen) atoms. The van der Waals surface area contributed by atoms with E-state index < -0.39 is 0 Å². The molecule has 2 heteroatoms. The van der Waals surface area contributed by atoms with Gasteiger partial charge in [-0.1, -0.05) is 78.1 Å². The predicted molar refractivity (Wildman–Crippen MR) is 96.1 cm³/mol. The first-order valence-electron chi connectivity index (χ1n) is 10.1. The molecular weight excluding hydrogens is 270 g/mol. The van der Waals surface area contributed by atoms with Crippen molar-refractivity contribution >= 4 is 5.91 Å². The number of carbonyl (C=O) groups excluding carboxylic acids is 1. The van der Waals surface area contributed by atoms with Crippen molar-refractivity contribution in [1.29, 1.82) is 0 Å². The molecule has 0 bridgehead atoms. The highest BCUT2D eigenvalue weighted by molar-refractivity contribution is 5.79. The van der Waals surface area contributed by atoms with Gasteiger partial charge in [0.25, 0.3) is 0 Å². The van der Waals surface area contributed by atoms with Crippen LogP contribution in [0.15, 0.2) is 0 Å². The van der Waals surface area contributed by atoms with E-state index in [9.17, 15) is 4.79 Å². The molecule has 1 rings (SSSR count). The lowest BCUT2D eigenvalue weighted by Gasteiger charge is -2.25. The molecule has 1 saturated carbocycles. The van der Waals surface area contributed by atoms with E-state index >= 15 is 0 Å². The Balaban J connectivity index is 2.16. The first-order chi connectivity index (χ1) is 10.8. The highest BCUT2D eigenvalue weighted by Crippen LogP contribution is 2.27. The molecule has 0 aromatic heterocycles. The van der Waals surface area contributed by atoms with E-state index in [4.69, 9.17) is 0 Å². The maximum Gasteiger partial charge on any atom is 0.225 e. The van der Waals surface area contributed by atoms with Gasteiger partial charge in [0.05, 0.1) is 0 Å². The smallest absolute Gasteiger partial charge is 0.225 e. The summed E-state index contributed by atoms with van der Waals surface area (Å²) in [5.74, 6) is 0.819. The van der Waals surface area contributed by atoms with E-state index in [0.29, 0.717) is 11.8 Å². The van der Waals surface area contributed by atoms with Crippen LogP contribution in [0.3, 0.4) is 0 Å². The van der Waals surface area contributed by atoms with Crippen molar-refractivity contribution in [3.8, 4) is 0 Å². The van der Waals surface area contributed by atoms with Gasteiger partial charge in [0, 0.05) is 19.0 Å². The van der Waals surface area contributed by atoms with Crippen LogP contribution in [0.5, 0.6) is 0 Å². The lowest BCUT2D eigenvalue weighted by atomic mass is 10.1. The predicted octanol–water partition coefficient (Wildman–Crippen LogP) is 5.95. The normalized spacial score (nSPS) is 15.4. The monoisotopic (exact) mass is 309 g/mol. The van der Waals surface area contributed by atoms with Crippen LogP contribution in [-0.4, -0.2) is 23.9 Å². The molecule has 0 N–H and O–H groups in total. The summed E-state index contributed by atoms with van der Waals surface area (Å²) < 4.78 is 0. The summed E-state index contributed by atoms with van der Waals surface area (Å²) in [6.07, 6.45) is 17.9. The molecule has 0 saturated heterocycles. The summed E-state index contributed by atoms with van der Waals surface area (Å²) in [7, 11) is 0. The number of nitrogens with zero attached hydrogens (tertiary/aromatic N) is 1. The average molecular weight is 310 g/mol. The zero-order valence-corrected chi connectivity index (χ0v) is 15.2. The highest BCUT2D eigenvalue weighted by Gasteiger charge is 2.26. The van der Waals surface area contributed by atoms with Gasteiger partial charge in [-0.2, -0.15) is 0 Å². The molecule has 0 aromatic rings. The number of hydrogen-bond acceptors (Lipinski definition) is 1. The Morgan fingerprint density at radius 3 is 1.86 bits per heavy atom. The fraction of sp³-hybridized carbons (Fsp3) is 0.950. The second kappa shape index (κ2) is 13.0. The standard InChI is InChI=1S/C20H39NO/c1-3-5-7-8-9-10-11-14-18-21(17-6-4-2)20(22)19-15-12-13-16-19/h19H,3-18H2,1-2H3. The van der Waals surface area contributed by atoms with Crippen LogP contribution < -0.4 is 0 Å². The van der Waals surface area contributed by atoms with Crippen molar-refractivity contribution in [1.82, 2.24) is 4.90 Å². The minimum Gasteiger partial charge on any atom is -0.342 e. The van der Waals surface area contributed by atoms with Gasteiger partial charge in [-0.05, 0) is 25.7 Å². The summed E-state index contributed by atoms with van der Waals surface area (Å²) in [6.45, 7) is 6.48. The van der Waals surface area contributed by atoms with Gasteiger partial charge in [0.2, 0.25) is 5.91 Å². The third kappa shape index (κ3) is 8.19. The number of carbonyl (C=O) groups is 1. The molecule has 2 nitrogen and oxygen atoms in total. The van der Waals surface area contributed by atoms with Crippen LogP contribution in [0.1, 0.15) is 104 Å². The third-order valence-corrected chi connectivity index (χ3v) is 5.08. The van der Waals surface area contributed by atoms with Crippen LogP contribution >= 0.6 is 0 Å². The molecule has 0 heterocycles. The highest BCUT2D eigenvalue weighted by atomic mass is 16.2. The van der Waals surface area contributed by atoms with Gasteiger partial charge >= 0.3 is 0 Å². The summed E-state index contributed by atoms with van der Waals surface area (Å²) in [4.78, 5) is 14.8. The second-order valence-electron chi connectivity index (χ2n) is 7.14. The third-order valence-electron chi connectivity index (χ3n) is 5.08. The largest absolute Gasteiger partial charge is 0.342 e. The molecule has 0 unspecified atom stereocenters. The van der Waals surface area contributed by atoms with Gasteiger partial charge in [-0.15, -0.1) is 0 Å². The summed E-state index contributed by atoms with van der Waals surface area (Å²) in [6, 6.07) is 0. The van der Waals surface area contributed by atoms with Crippen LogP contribution in [0, 0.1) is 5.92 Å². The lowest BCUT2D eigenvalue weighted by Crippen LogP contribution is -2.36. The van der Waals surface area contributed by atoms with Gasteiger partial charge in [-0.3, -0.25) is 4.79 Å². The van der Waals surface area contributed by atoms with Crippen molar-refractivity contribution in [2.45, 2.75) is 104 Å². The molecule has 1 aliphatic carbocycles. The SMILES string of the molecule is CCCCCCCCCCN(CCCC)C(=O)C1CCCC1. The molecule has 0 atom stereocenters. The Hall–Kier alpha value is -0.530. The number of rotatable bonds is 13.